The second kappa shape index (κ2) is 11.0. The maximum Gasteiger partial charge on any atom is 0.254 e. The van der Waals surface area contributed by atoms with E-state index in [2.05, 4.69) is 11.4 Å². The Morgan fingerprint density at radius 1 is 1.00 bits per heavy atom. The van der Waals surface area contributed by atoms with Crippen molar-refractivity contribution in [2.24, 2.45) is 11.8 Å². The second-order valence-corrected chi connectivity index (χ2v) is 11.9. The van der Waals surface area contributed by atoms with E-state index in [1.165, 1.54) is 24.8 Å². The molecule has 2 saturated carbocycles. The number of hydrogen-bond acceptors (Lipinski definition) is 4. The van der Waals surface area contributed by atoms with Gasteiger partial charge in [0.15, 0.2) is 5.78 Å². The molecular formula is C30H43N3O3. The van der Waals surface area contributed by atoms with Crippen molar-refractivity contribution in [3.63, 3.8) is 0 Å². The third kappa shape index (κ3) is 5.39. The maximum absolute atomic E-state index is 13.9. The molecule has 2 heterocycles. The van der Waals surface area contributed by atoms with Crippen molar-refractivity contribution in [3.05, 3.63) is 34.9 Å². The molecule has 1 aromatic carbocycles. The molecule has 0 radical (unpaired) electrons. The molecule has 2 aliphatic carbocycles. The molecular weight excluding hydrogens is 450 g/mol. The first-order valence-electron chi connectivity index (χ1n) is 14.4. The number of fused-ring (bicyclic) bond motifs is 1. The highest BCUT2D eigenvalue weighted by Gasteiger charge is 2.41. The zero-order chi connectivity index (χ0) is 25.2. The minimum absolute atomic E-state index is 0.0278. The number of amides is 2. The molecule has 1 aromatic rings. The van der Waals surface area contributed by atoms with E-state index >= 15 is 0 Å². The number of carbonyl (C=O) groups excluding carboxylic acids is 3. The smallest absolute Gasteiger partial charge is 0.254 e. The number of rotatable bonds is 8. The first kappa shape index (κ1) is 25.4. The van der Waals surface area contributed by atoms with Gasteiger partial charge in [-0.15, -0.1) is 0 Å². The van der Waals surface area contributed by atoms with Gasteiger partial charge in [0.1, 0.15) is 0 Å². The van der Waals surface area contributed by atoms with Crippen molar-refractivity contribution >= 4 is 17.6 Å². The quantitative estimate of drug-likeness (QED) is 0.586. The highest BCUT2D eigenvalue weighted by Crippen LogP contribution is 2.37. The van der Waals surface area contributed by atoms with E-state index in [1.54, 1.807) is 0 Å². The van der Waals surface area contributed by atoms with Crippen LogP contribution in [0.3, 0.4) is 0 Å². The molecule has 0 spiro atoms. The third-order valence-corrected chi connectivity index (χ3v) is 8.93. The number of nitrogens with one attached hydrogen (secondary N) is 1. The topological polar surface area (TPSA) is 69.7 Å². The number of nitrogens with zero attached hydrogens (tertiary/aromatic N) is 2. The van der Waals surface area contributed by atoms with Crippen LogP contribution in [0.1, 0.15) is 99.0 Å². The van der Waals surface area contributed by atoms with E-state index in [0.717, 1.165) is 69.2 Å². The lowest BCUT2D eigenvalue weighted by Crippen LogP contribution is -2.53. The van der Waals surface area contributed by atoms with Crippen molar-refractivity contribution in [3.8, 4) is 0 Å². The Balaban J connectivity index is 1.34. The van der Waals surface area contributed by atoms with Crippen LogP contribution in [0, 0.1) is 11.8 Å². The van der Waals surface area contributed by atoms with Crippen LogP contribution in [0.5, 0.6) is 0 Å². The molecule has 196 valence electrons. The molecule has 0 aromatic heterocycles. The van der Waals surface area contributed by atoms with Gasteiger partial charge in [0, 0.05) is 43.1 Å². The lowest BCUT2D eigenvalue weighted by Gasteiger charge is -2.42. The number of Topliss-reactive ketones (excluding diaryl/α,β-unsaturated/α-hetero) is 1. The van der Waals surface area contributed by atoms with Crippen LogP contribution >= 0.6 is 0 Å². The van der Waals surface area contributed by atoms with Gasteiger partial charge in [-0.3, -0.25) is 14.4 Å². The van der Waals surface area contributed by atoms with Crippen LogP contribution in [0.2, 0.25) is 0 Å². The fourth-order valence-corrected chi connectivity index (χ4v) is 6.74. The van der Waals surface area contributed by atoms with Crippen molar-refractivity contribution in [2.75, 3.05) is 26.2 Å². The highest BCUT2D eigenvalue weighted by molar-refractivity contribution is 6.00. The van der Waals surface area contributed by atoms with Crippen molar-refractivity contribution in [1.82, 2.24) is 15.1 Å². The molecule has 36 heavy (non-hydrogen) atoms. The van der Waals surface area contributed by atoms with E-state index in [1.807, 2.05) is 35.8 Å². The average Bonchev–Trinajstić information content (AvgIpc) is 3.74. The molecule has 2 aliphatic heterocycles. The summed E-state index contributed by atoms with van der Waals surface area (Å²) >= 11 is 0. The highest BCUT2D eigenvalue weighted by atomic mass is 16.2. The maximum atomic E-state index is 13.9. The van der Waals surface area contributed by atoms with E-state index in [0.29, 0.717) is 19.1 Å². The minimum Gasteiger partial charge on any atom is -0.341 e. The Labute approximate surface area is 216 Å². The van der Waals surface area contributed by atoms with Crippen LogP contribution < -0.4 is 5.32 Å². The van der Waals surface area contributed by atoms with E-state index < -0.39 is 0 Å². The zero-order valence-electron chi connectivity index (χ0n) is 22.1. The van der Waals surface area contributed by atoms with Crippen LogP contribution in [0.25, 0.3) is 0 Å². The van der Waals surface area contributed by atoms with Gasteiger partial charge in [-0.05, 0) is 68.1 Å². The number of hydrogen-bond donors (Lipinski definition) is 1. The number of ketones is 1. The molecule has 3 fully saturated rings. The summed E-state index contributed by atoms with van der Waals surface area (Å²) in [5, 5.41) is 3.35. The summed E-state index contributed by atoms with van der Waals surface area (Å²) in [6.07, 6.45) is 10.8. The summed E-state index contributed by atoms with van der Waals surface area (Å²) < 4.78 is 0. The van der Waals surface area contributed by atoms with E-state index in [9.17, 15) is 14.4 Å². The van der Waals surface area contributed by atoms with E-state index in [4.69, 9.17) is 0 Å². The van der Waals surface area contributed by atoms with Crippen LogP contribution in [0.15, 0.2) is 18.2 Å². The standard InChI is InChI=1S/C30H43N3O3/c1-20(2)29(35)28(21-8-4-3-5-9-21)33-17-15-25-24(11-6-12-26(25)30(33)36)22-10-7-16-32(19-22)27(34)18-31-23-13-14-23/h6,11-12,20-23,28,31H,3-5,7-10,13-19H2,1-2H3. The van der Waals surface area contributed by atoms with Crippen molar-refractivity contribution < 1.29 is 14.4 Å². The fraction of sp³-hybridized carbons (Fsp3) is 0.700. The summed E-state index contributed by atoms with van der Waals surface area (Å²) in [4.78, 5) is 44.0. The van der Waals surface area contributed by atoms with Crippen molar-refractivity contribution in [2.45, 2.75) is 96.1 Å². The van der Waals surface area contributed by atoms with Crippen LogP contribution in [0.4, 0.5) is 0 Å². The molecule has 1 N–H and O–H groups in total. The number of piperidine rings is 1. The monoisotopic (exact) mass is 493 g/mol. The van der Waals surface area contributed by atoms with Gasteiger partial charge in [0.2, 0.25) is 5.91 Å². The zero-order valence-corrected chi connectivity index (χ0v) is 22.1. The molecule has 2 unspecified atom stereocenters. The van der Waals surface area contributed by atoms with Gasteiger partial charge in [-0.25, -0.2) is 0 Å². The largest absolute Gasteiger partial charge is 0.341 e. The molecule has 4 aliphatic rings. The lowest BCUT2D eigenvalue weighted by atomic mass is 9.78. The summed E-state index contributed by atoms with van der Waals surface area (Å²) in [7, 11) is 0. The number of benzene rings is 1. The van der Waals surface area contributed by atoms with Crippen LogP contribution in [-0.4, -0.2) is 65.7 Å². The van der Waals surface area contributed by atoms with Gasteiger partial charge in [0.25, 0.3) is 5.91 Å². The molecule has 1 saturated heterocycles. The number of carbonyl (C=O) groups is 3. The van der Waals surface area contributed by atoms with Crippen molar-refractivity contribution in [1.29, 1.82) is 0 Å². The minimum atomic E-state index is -0.295. The molecule has 6 heteroatoms. The Bertz CT molecular complexity index is 980. The average molecular weight is 494 g/mol. The third-order valence-electron chi connectivity index (χ3n) is 8.93. The predicted molar refractivity (Wildman–Crippen MR) is 141 cm³/mol. The molecule has 2 amide bonds. The summed E-state index contributed by atoms with van der Waals surface area (Å²) in [5.41, 5.74) is 3.15. The molecule has 0 bridgehead atoms. The second-order valence-electron chi connectivity index (χ2n) is 11.9. The summed E-state index contributed by atoms with van der Waals surface area (Å²) in [5.74, 6) is 0.920. The van der Waals surface area contributed by atoms with Crippen LogP contribution in [-0.2, 0) is 16.0 Å². The van der Waals surface area contributed by atoms with Gasteiger partial charge < -0.3 is 15.1 Å². The molecule has 2 atom stereocenters. The number of likely N-dealkylation sites (tertiary alicyclic amines) is 1. The van der Waals surface area contributed by atoms with Gasteiger partial charge in [-0.2, -0.15) is 0 Å². The fourth-order valence-electron chi connectivity index (χ4n) is 6.74. The Kier molecular flexibility index (Phi) is 7.80. The van der Waals surface area contributed by atoms with Gasteiger partial charge in [-0.1, -0.05) is 45.2 Å². The Morgan fingerprint density at radius 3 is 2.50 bits per heavy atom. The Hall–Kier alpha value is -2.21. The predicted octanol–water partition coefficient (Wildman–Crippen LogP) is 4.32. The first-order chi connectivity index (χ1) is 17.4. The van der Waals surface area contributed by atoms with Gasteiger partial charge >= 0.3 is 0 Å². The first-order valence-corrected chi connectivity index (χ1v) is 14.4. The summed E-state index contributed by atoms with van der Waals surface area (Å²) in [6.45, 7) is 6.54. The lowest BCUT2D eigenvalue weighted by molar-refractivity contribution is -0.131. The SMILES string of the molecule is CC(C)C(=O)C(C1CCCCC1)N1CCc2c(cccc2C2CCCN(C(=O)CNC3CC3)C2)C1=O. The summed E-state index contributed by atoms with van der Waals surface area (Å²) in [6, 6.07) is 6.36. The van der Waals surface area contributed by atoms with E-state index in [-0.39, 0.29) is 41.4 Å². The molecule has 6 nitrogen and oxygen atoms in total. The van der Waals surface area contributed by atoms with Gasteiger partial charge in [0.05, 0.1) is 12.6 Å². The molecule has 5 rings (SSSR count). The Morgan fingerprint density at radius 2 is 1.78 bits per heavy atom. The normalized spacial score (nSPS) is 24.1.